The molecule has 1 aromatic rings. The Morgan fingerprint density at radius 1 is 1.04 bits per heavy atom. The van der Waals surface area contributed by atoms with Crippen molar-refractivity contribution in [3.63, 3.8) is 0 Å². The summed E-state index contributed by atoms with van der Waals surface area (Å²) in [6.07, 6.45) is 9.74. The molecule has 28 heavy (non-hydrogen) atoms. The van der Waals surface area contributed by atoms with Crippen molar-refractivity contribution in [2.75, 3.05) is 0 Å². The molecule has 0 aromatic heterocycles. The zero-order valence-corrected chi connectivity index (χ0v) is 17.4. The van der Waals surface area contributed by atoms with E-state index >= 15 is 0 Å². The lowest BCUT2D eigenvalue weighted by atomic mass is 10.1. The van der Waals surface area contributed by atoms with Gasteiger partial charge in [0.25, 0.3) is 11.8 Å². The monoisotopic (exact) mass is 385 g/mol. The van der Waals surface area contributed by atoms with E-state index in [1.165, 1.54) is 19.3 Å². The predicted molar refractivity (Wildman–Crippen MR) is 109 cm³/mol. The summed E-state index contributed by atoms with van der Waals surface area (Å²) in [5.41, 5.74) is -0.0214. The Hall–Kier alpha value is -2.43. The van der Waals surface area contributed by atoms with Gasteiger partial charge in [-0.05, 0) is 52.2 Å². The zero-order valence-electron chi connectivity index (χ0n) is 17.4. The van der Waals surface area contributed by atoms with Gasteiger partial charge in [-0.3, -0.25) is 14.5 Å². The number of unbranched alkanes of at least 4 members (excludes halogenated alkanes) is 4. The van der Waals surface area contributed by atoms with Crippen LogP contribution in [0.5, 0.6) is 0 Å². The molecule has 1 atom stereocenters. The van der Waals surface area contributed by atoms with E-state index in [0.717, 1.165) is 17.7 Å². The van der Waals surface area contributed by atoms with Gasteiger partial charge in [0, 0.05) is 0 Å². The predicted octanol–water partition coefficient (Wildman–Crippen LogP) is 4.91. The fourth-order valence-corrected chi connectivity index (χ4v) is 3.20. The second-order valence-electron chi connectivity index (χ2n) is 8.13. The third-order valence-electron chi connectivity index (χ3n) is 4.57. The fraction of sp³-hybridized carbons (Fsp3) is 0.522. The molecule has 0 fully saturated rings. The maximum atomic E-state index is 12.8. The molecule has 0 N–H and O–H groups in total. The molecule has 0 aliphatic carbocycles. The number of hydrogen-bond acceptors (Lipinski definition) is 4. The first-order valence-electron chi connectivity index (χ1n) is 10.1. The van der Waals surface area contributed by atoms with Gasteiger partial charge in [0.15, 0.2) is 0 Å². The summed E-state index contributed by atoms with van der Waals surface area (Å²) in [7, 11) is 0. The number of amides is 2. The number of fused-ring (bicyclic) bond motifs is 1. The minimum Gasteiger partial charge on any atom is -0.458 e. The summed E-state index contributed by atoms with van der Waals surface area (Å²) in [6, 6.07) is 5.70. The van der Waals surface area contributed by atoms with Crippen LogP contribution in [-0.2, 0) is 9.53 Å². The van der Waals surface area contributed by atoms with Crippen molar-refractivity contribution < 1.29 is 19.1 Å². The first-order chi connectivity index (χ1) is 13.3. The molecule has 0 saturated carbocycles. The van der Waals surface area contributed by atoms with Crippen molar-refractivity contribution in [1.29, 1.82) is 0 Å². The molecule has 0 saturated heterocycles. The zero-order chi connectivity index (χ0) is 20.7. The van der Waals surface area contributed by atoms with E-state index in [2.05, 4.69) is 6.92 Å². The van der Waals surface area contributed by atoms with Crippen LogP contribution in [0.15, 0.2) is 36.4 Å². The Morgan fingerprint density at radius 3 is 2.18 bits per heavy atom. The Kier molecular flexibility index (Phi) is 7.55. The Labute approximate surface area is 167 Å². The lowest BCUT2D eigenvalue weighted by molar-refractivity contribution is -0.159. The summed E-state index contributed by atoms with van der Waals surface area (Å²) < 4.78 is 5.50. The third kappa shape index (κ3) is 5.54. The number of ether oxygens (including phenoxy) is 1. The smallest absolute Gasteiger partial charge is 0.330 e. The fourth-order valence-electron chi connectivity index (χ4n) is 3.20. The second-order valence-corrected chi connectivity index (χ2v) is 8.13. The third-order valence-corrected chi connectivity index (χ3v) is 4.57. The van der Waals surface area contributed by atoms with Crippen LogP contribution < -0.4 is 0 Å². The van der Waals surface area contributed by atoms with Crippen LogP contribution in [0.25, 0.3) is 0 Å². The van der Waals surface area contributed by atoms with E-state index in [4.69, 9.17) is 4.74 Å². The minimum atomic E-state index is -0.960. The van der Waals surface area contributed by atoms with Gasteiger partial charge in [-0.1, -0.05) is 50.5 Å². The normalized spacial score (nSPS) is 15.2. The molecule has 5 heteroatoms. The van der Waals surface area contributed by atoms with Crippen LogP contribution in [0.3, 0.4) is 0 Å². The molecular weight excluding hydrogens is 354 g/mol. The first kappa shape index (κ1) is 21.9. The molecule has 1 aromatic carbocycles. The highest BCUT2D eigenvalue weighted by molar-refractivity contribution is 6.22. The van der Waals surface area contributed by atoms with Crippen molar-refractivity contribution in [3.8, 4) is 0 Å². The summed E-state index contributed by atoms with van der Waals surface area (Å²) in [6.45, 7) is 7.49. The van der Waals surface area contributed by atoms with Crippen LogP contribution in [0.1, 0.15) is 86.9 Å². The number of allylic oxidation sites excluding steroid dienone is 1. The molecule has 2 amide bonds. The molecule has 0 radical (unpaired) electrons. The molecular formula is C23H31NO4. The van der Waals surface area contributed by atoms with Crippen molar-refractivity contribution in [2.24, 2.45) is 0 Å². The largest absolute Gasteiger partial charge is 0.458 e. The Morgan fingerprint density at radius 2 is 1.64 bits per heavy atom. The number of nitrogens with zero attached hydrogens (tertiary/aromatic N) is 1. The quantitative estimate of drug-likeness (QED) is 0.262. The van der Waals surface area contributed by atoms with Gasteiger partial charge in [-0.15, -0.1) is 0 Å². The van der Waals surface area contributed by atoms with E-state index in [1.807, 2.05) is 12.2 Å². The molecule has 0 bridgehead atoms. The van der Waals surface area contributed by atoms with E-state index in [-0.39, 0.29) is 6.42 Å². The van der Waals surface area contributed by atoms with Crippen LogP contribution in [0, 0.1) is 0 Å². The summed E-state index contributed by atoms with van der Waals surface area (Å²) >= 11 is 0. The van der Waals surface area contributed by atoms with Crippen LogP contribution in [0.4, 0.5) is 0 Å². The molecule has 1 aliphatic rings. The number of benzene rings is 1. The second kappa shape index (κ2) is 9.67. The van der Waals surface area contributed by atoms with Crippen LogP contribution in [0.2, 0.25) is 0 Å². The average molecular weight is 386 g/mol. The maximum Gasteiger partial charge on any atom is 0.330 e. The van der Waals surface area contributed by atoms with E-state index < -0.39 is 29.4 Å². The summed E-state index contributed by atoms with van der Waals surface area (Å²) in [5, 5.41) is 0. The van der Waals surface area contributed by atoms with Gasteiger partial charge >= 0.3 is 5.97 Å². The highest BCUT2D eigenvalue weighted by Crippen LogP contribution is 2.27. The SMILES string of the molecule is CCCCCC/C=C/C[C@@H](C(=O)OC(C)(C)C)N1C(=O)c2ccccc2C1=O. The van der Waals surface area contributed by atoms with Crippen molar-refractivity contribution in [1.82, 2.24) is 4.90 Å². The van der Waals surface area contributed by atoms with E-state index in [9.17, 15) is 14.4 Å². The van der Waals surface area contributed by atoms with Crippen molar-refractivity contribution >= 4 is 17.8 Å². The number of carbonyl (C=O) groups is 3. The van der Waals surface area contributed by atoms with E-state index in [0.29, 0.717) is 11.1 Å². The number of carbonyl (C=O) groups excluding carboxylic acids is 3. The van der Waals surface area contributed by atoms with Crippen molar-refractivity contribution in [2.45, 2.75) is 77.9 Å². The molecule has 1 heterocycles. The molecule has 1 aliphatic heterocycles. The molecule has 0 unspecified atom stereocenters. The molecule has 5 nitrogen and oxygen atoms in total. The minimum absolute atomic E-state index is 0.258. The average Bonchev–Trinajstić information content (AvgIpc) is 2.88. The van der Waals surface area contributed by atoms with Gasteiger partial charge in [-0.2, -0.15) is 0 Å². The van der Waals surface area contributed by atoms with E-state index in [1.54, 1.807) is 45.0 Å². The standard InChI is InChI=1S/C23H31NO4/c1-5-6-7-8-9-10-11-16-19(22(27)28-23(2,3)4)24-20(25)17-14-12-13-15-18(17)21(24)26/h10-15,19H,5-9,16H2,1-4H3/b11-10+/t19-/m0/s1. The highest BCUT2D eigenvalue weighted by Gasteiger charge is 2.43. The van der Waals surface area contributed by atoms with Gasteiger partial charge in [0.05, 0.1) is 11.1 Å². The van der Waals surface area contributed by atoms with Gasteiger partial charge < -0.3 is 4.74 Å². The molecule has 2 rings (SSSR count). The van der Waals surface area contributed by atoms with Crippen LogP contribution in [-0.4, -0.2) is 34.3 Å². The topological polar surface area (TPSA) is 63.7 Å². The van der Waals surface area contributed by atoms with Crippen molar-refractivity contribution in [3.05, 3.63) is 47.5 Å². The number of esters is 1. The Bertz CT molecular complexity index is 710. The van der Waals surface area contributed by atoms with Gasteiger partial charge in [0.1, 0.15) is 11.6 Å². The van der Waals surface area contributed by atoms with Gasteiger partial charge in [0.2, 0.25) is 0 Å². The Balaban J connectivity index is 2.15. The lowest BCUT2D eigenvalue weighted by Crippen LogP contribution is -2.47. The van der Waals surface area contributed by atoms with Gasteiger partial charge in [-0.25, -0.2) is 4.79 Å². The lowest BCUT2D eigenvalue weighted by Gasteiger charge is -2.28. The summed E-state index contributed by atoms with van der Waals surface area (Å²) in [4.78, 5) is 39.4. The first-order valence-corrected chi connectivity index (χ1v) is 10.1. The molecule has 152 valence electrons. The van der Waals surface area contributed by atoms with Crippen LogP contribution >= 0.6 is 0 Å². The summed E-state index contributed by atoms with van der Waals surface area (Å²) in [5.74, 6) is -1.43. The maximum absolute atomic E-state index is 12.8. The highest BCUT2D eigenvalue weighted by atomic mass is 16.6. The molecule has 0 spiro atoms. The number of imide groups is 1. The number of hydrogen-bond donors (Lipinski definition) is 0. The number of rotatable bonds is 9.